The van der Waals surface area contributed by atoms with Gasteiger partial charge in [-0.2, -0.15) is 0 Å². The molecule has 2 saturated heterocycles. The van der Waals surface area contributed by atoms with E-state index in [1.165, 1.54) is 32.2 Å². The Bertz CT molecular complexity index is 204. The Morgan fingerprint density at radius 2 is 2.31 bits per heavy atom. The first-order chi connectivity index (χ1) is 7.77. The van der Waals surface area contributed by atoms with E-state index in [0.717, 1.165) is 25.8 Å². The molecule has 3 heteroatoms. The summed E-state index contributed by atoms with van der Waals surface area (Å²) in [5.41, 5.74) is 0. The Morgan fingerprint density at radius 1 is 1.44 bits per heavy atom. The number of likely N-dealkylation sites (tertiary alicyclic amines) is 1. The van der Waals surface area contributed by atoms with Crippen molar-refractivity contribution in [3.63, 3.8) is 0 Å². The van der Waals surface area contributed by atoms with E-state index in [0.29, 0.717) is 12.1 Å². The van der Waals surface area contributed by atoms with Crippen molar-refractivity contribution < 1.29 is 4.74 Å². The highest BCUT2D eigenvalue weighted by atomic mass is 16.5. The molecule has 0 saturated carbocycles. The first-order valence-electron chi connectivity index (χ1n) is 6.84. The minimum absolute atomic E-state index is 0.567. The summed E-state index contributed by atoms with van der Waals surface area (Å²) in [5.74, 6) is 0. The van der Waals surface area contributed by atoms with Gasteiger partial charge in [0.15, 0.2) is 0 Å². The molecule has 2 aliphatic rings. The van der Waals surface area contributed by atoms with Gasteiger partial charge < -0.3 is 10.1 Å². The number of nitrogens with one attached hydrogen (secondary N) is 1. The lowest BCUT2D eigenvalue weighted by Crippen LogP contribution is -2.49. The monoisotopic (exact) mass is 226 g/mol. The molecule has 16 heavy (non-hydrogen) atoms. The SMILES string of the molecule is CC1CCCCN1C(C)CC1COCCN1. The molecule has 0 aromatic carbocycles. The van der Waals surface area contributed by atoms with E-state index in [2.05, 4.69) is 24.1 Å². The summed E-state index contributed by atoms with van der Waals surface area (Å²) in [6.07, 6.45) is 5.39. The zero-order valence-electron chi connectivity index (χ0n) is 10.7. The van der Waals surface area contributed by atoms with Crippen LogP contribution in [0.4, 0.5) is 0 Å². The molecule has 0 radical (unpaired) electrons. The maximum absolute atomic E-state index is 5.52. The van der Waals surface area contributed by atoms with E-state index in [-0.39, 0.29) is 0 Å². The fourth-order valence-corrected chi connectivity index (χ4v) is 3.09. The third-order valence-electron chi connectivity index (χ3n) is 4.04. The number of ether oxygens (including phenoxy) is 1. The van der Waals surface area contributed by atoms with E-state index in [4.69, 9.17) is 4.74 Å². The van der Waals surface area contributed by atoms with E-state index < -0.39 is 0 Å². The number of hydrogen-bond donors (Lipinski definition) is 1. The van der Waals surface area contributed by atoms with Crippen molar-refractivity contribution in [1.82, 2.24) is 10.2 Å². The molecule has 3 atom stereocenters. The average Bonchev–Trinajstić information content (AvgIpc) is 2.31. The van der Waals surface area contributed by atoms with Crippen molar-refractivity contribution in [1.29, 1.82) is 0 Å². The van der Waals surface area contributed by atoms with Gasteiger partial charge in [-0.3, -0.25) is 4.90 Å². The molecule has 3 nitrogen and oxygen atoms in total. The summed E-state index contributed by atoms with van der Waals surface area (Å²) in [5, 5.41) is 3.55. The van der Waals surface area contributed by atoms with E-state index in [1.54, 1.807) is 0 Å². The topological polar surface area (TPSA) is 24.5 Å². The minimum Gasteiger partial charge on any atom is -0.379 e. The molecule has 1 N–H and O–H groups in total. The van der Waals surface area contributed by atoms with Crippen LogP contribution in [-0.4, -0.2) is 49.3 Å². The summed E-state index contributed by atoms with van der Waals surface area (Å²) < 4.78 is 5.52. The zero-order valence-corrected chi connectivity index (χ0v) is 10.7. The maximum Gasteiger partial charge on any atom is 0.0620 e. The van der Waals surface area contributed by atoms with Crippen LogP contribution in [0.1, 0.15) is 39.5 Å². The van der Waals surface area contributed by atoms with Crippen molar-refractivity contribution in [2.75, 3.05) is 26.3 Å². The molecule has 3 unspecified atom stereocenters. The fraction of sp³-hybridized carbons (Fsp3) is 1.00. The van der Waals surface area contributed by atoms with Crippen LogP contribution in [-0.2, 0) is 4.74 Å². The molecule has 0 aromatic heterocycles. The van der Waals surface area contributed by atoms with Crippen LogP contribution in [0, 0.1) is 0 Å². The van der Waals surface area contributed by atoms with Crippen LogP contribution in [0.25, 0.3) is 0 Å². The molecule has 0 aromatic rings. The number of nitrogens with zero attached hydrogens (tertiary/aromatic N) is 1. The summed E-state index contributed by atoms with van der Waals surface area (Å²) in [6, 6.07) is 2.03. The predicted molar refractivity (Wildman–Crippen MR) is 66.7 cm³/mol. The second-order valence-electron chi connectivity index (χ2n) is 5.39. The minimum atomic E-state index is 0.567. The highest BCUT2D eigenvalue weighted by Gasteiger charge is 2.25. The Morgan fingerprint density at radius 3 is 3.00 bits per heavy atom. The number of piperidine rings is 1. The standard InChI is InChI=1S/C13H26N2O/c1-11-5-3-4-7-15(11)12(2)9-13-10-16-8-6-14-13/h11-14H,3-10H2,1-2H3. The quantitative estimate of drug-likeness (QED) is 0.791. The molecule has 0 bridgehead atoms. The van der Waals surface area contributed by atoms with E-state index >= 15 is 0 Å². The molecule has 2 rings (SSSR count). The van der Waals surface area contributed by atoms with Gasteiger partial charge in [0.25, 0.3) is 0 Å². The predicted octanol–water partition coefficient (Wildman–Crippen LogP) is 1.63. The van der Waals surface area contributed by atoms with Crippen LogP contribution in [0.5, 0.6) is 0 Å². The Balaban J connectivity index is 1.78. The zero-order chi connectivity index (χ0) is 11.4. The van der Waals surface area contributed by atoms with Gasteiger partial charge in [-0.1, -0.05) is 6.42 Å². The van der Waals surface area contributed by atoms with Crippen molar-refractivity contribution in [2.45, 2.75) is 57.7 Å². The molecular formula is C13H26N2O. The van der Waals surface area contributed by atoms with Gasteiger partial charge in [0.1, 0.15) is 0 Å². The fourth-order valence-electron chi connectivity index (χ4n) is 3.09. The highest BCUT2D eigenvalue weighted by Crippen LogP contribution is 2.21. The molecule has 2 heterocycles. The molecule has 2 aliphatic heterocycles. The Kier molecular flexibility index (Phi) is 4.62. The normalized spacial score (nSPS) is 34.9. The Hall–Kier alpha value is -0.120. The van der Waals surface area contributed by atoms with Crippen LogP contribution >= 0.6 is 0 Å². The summed E-state index contributed by atoms with van der Waals surface area (Å²) >= 11 is 0. The first kappa shape index (κ1) is 12.3. The van der Waals surface area contributed by atoms with Gasteiger partial charge in [0, 0.05) is 24.7 Å². The number of hydrogen-bond acceptors (Lipinski definition) is 3. The lowest BCUT2D eigenvalue weighted by Gasteiger charge is -2.40. The first-order valence-corrected chi connectivity index (χ1v) is 6.84. The van der Waals surface area contributed by atoms with E-state index in [1.807, 2.05) is 0 Å². The second kappa shape index (κ2) is 5.99. The average molecular weight is 226 g/mol. The van der Waals surface area contributed by atoms with Gasteiger partial charge in [0.05, 0.1) is 13.2 Å². The lowest BCUT2D eigenvalue weighted by atomic mass is 9.98. The smallest absolute Gasteiger partial charge is 0.0620 e. The third-order valence-corrected chi connectivity index (χ3v) is 4.04. The lowest BCUT2D eigenvalue weighted by molar-refractivity contribution is 0.0496. The second-order valence-corrected chi connectivity index (χ2v) is 5.39. The van der Waals surface area contributed by atoms with Crippen LogP contribution in [0.15, 0.2) is 0 Å². The number of morpholine rings is 1. The van der Waals surface area contributed by atoms with Gasteiger partial charge in [-0.05, 0) is 39.7 Å². The molecule has 0 aliphatic carbocycles. The molecule has 0 amide bonds. The molecular weight excluding hydrogens is 200 g/mol. The molecule has 2 fully saturated rings. The summed E-state index contributed by atoms with van der Waals surface area (Å²) in [6.45, 7) is 8.83. The van der Waals surface area contributed by atoms with Gasteiger partial charge in [0.2, 0.25) is 0 Å². The van der Waals surface area contributed by atoms with Gasteiger partial charge in [-0.15, -0.1) is 0 Å². The van der Waals surface area contributed by atoms with E-state index in [9.17, 15) is 0 Å². The largest absolute Gasteiger partial charge is 0.379 e. The summed E-state index contributed by atoms with van der Waals surface area (Å²) in [7, 11) is 0. The summed E-state index contributed by atoms with van der Waals surface area (Å²) in [4.78, 5) is 2.68. The van der Waals surface area contributed by atoms with Crippen molar-refractivity contribution in [3.05, 3.63) is 0 Å². The Labute approximate surface area is 99.5 Å². The van der Waals surface area contributed by atoms with Crippen LogP contribution < -0.4 is 5.32 Å². The van der Waals surface area contributed by atoms with Crippen molar-refractivity contribution >= 4 is 0 Å². The van der Waals surface area contributed by atoms with Crippen LogP contribution in [0.2, 0.25) is 0 Å². The van der Waals surface area contributed by atoms with Gasteiger partial charge >= 0.3 is 0 Å². The maximum atomic E-state index is 5.52. The number of rotatable bonds is 3. The molecule has 0 spiro atoms. The third kappa shape index (κ3) is 3.19. The van der Waals surface area contributed by atoms with Gasteiger partial charge in [-0.25, -0.2) is 0 Å². The van der Waals surface area contributed by atoms with Crippen molar-refractivity contribution in [3.8, 4) is 0 Å². The molecule has 94 valence electrons. The van der Waals surface area contributed by atoms with Crippen molar-refractivity contribution in [2.24, 2.45) is 0 Å². The highest BCUT2D eigenvalue weighted by molar-refractivity contribution is 4.82. The van der Waals surface area contributed by atoms with Crippen LogP contribution in [0.3, 0.4) is 0 Å².